The molecule has 1 saturated heterocycles. The Morgan fingerprint density at radius 1 is 1.29 bits per heavy atom. The Hall–Kier alpha value is -1.11. The molecule has 2 aliphatic rings. The topological polar surface area (TPSA) is 61.4 Å². The minimum Gasteiger partial charge on any atom is -0.367 e. The van der Waals surface area contributed by atoms with Gasteiger partial charge in [0.2, 0.25) is 10.0 Å². The summed E-state index contributed by atoms with van der Waals surface area (Å²) < 4.78 is 27.9. The molecule has 1 aromatic carbocycles. The summed E-state index contributed by atoms with van der Waals surface area (Å²) in [6, 6.07) is 7.43. The number of nitrogens with one attached hydrogen (secondary N) is 2. The summed E-state index contributed by atoms with van der Waals surface area (Å²) in [5.41, 5.74) is 0.791. The van der Waals surface area contributed by atoms with Gasteiger partial charge in [0.15, 0.2) is 0 Å². The van der Waals surface area contributed by atoms with Gasteiger partial charge in [-0.3, -0.25) is 0 Å². The lowest BCUT2D eigenvalue weighted by atomic mass is 10.0. The third-order valence-corrected chi connectivity index (χ3v) is 5.53. The van der Waals surface area contributed by atoms with Crippen LogP contribution in [0.1, 0.15) is 26.7 Å². The molecule has 0 spiro atoms. The molecule has 1 aliphatic carbocycles. The normalized spacial score (nSPS) is 22.3. The number of para-hydroxylation sites is 1. The number of sulfonamides is 1. The molecule has 1 aromatic rings. The summed E-state index contributed by atoms with van der Waals surface area (Å²) in [6.45, 7) is 6.75. The van der Waals surface area contributed by atoms with Crippen molar-refractivity contribution < 1.29 is 8.42 Å². The van der Waals surface area contributed by atoms with E-state index >= 15 is 0 Å². The third-order valence-electron chi connectivity index (χ3n) is 3.97. The van der Waals surface area contributed by atoms with Crippen LogP contribution in [-0.4, -0.2) is 39.6 Å². The summed E-state index contributed by atoms with van der Waals surface area (Å²) in [6.07, 6.45) is 1.89. The van der Waals surface area contributed by atoms with Crippen molar-refractivity contribution in [1.29, 1.82) is 0 Å². The van der Waals surface area contributed by atoms with Gasteiger partial charge in [0, 0.05) is 31.2 Å². The van der Waals surface area contributed by atoms with Crippen LogP contribution in [0.4, 0.5) is 5.69 Å². The van der Waals surface area contributed by atoms with Gasteiger partial charge in [0.1, 0.15) is 4.90 Å². The van der Waals surface area contributed by atoms with E-state index in [1.165, 1.54) is 0 Å². The van der Waals surface area contributed by atoms with Crippen LogP contribution in [0.5, 0.6) is 0 Å². The van der Waals surface area contributed by atoms with Gasteiger partial charge in [0.25, 0.3) is 0 Å². The maximum Gasteiger partial charge on any atom is 0.242 e. The van der Waals surface area contributed by atoms with E-state index in [1.54, 1.807) is 12.1 Å². The number of hydrogen-bond donors (Lipinski definition) is 2. The van der Waals surface area contributed by atoms with Crippen LogP contribution in [0.15, 0.2) is 29.2 Å². The Bertz CT molecular complexity index is 624. The van der Waals surface area contributed by atoms with E-state index in [1.807, 2.05) is 12.1 Å². The fourth-order valence-electron chi connectivity index (χ4n) is 2.78. The first-order valence-electron chi connectivity index (χ1n) is 7.49. The van der Waals surface area contributed by atoms with E-state index < -0.39 is 10.0 Å². The molecule has 1 saturated carbocycles. The monoisotopic (exact) mass is 309 g/mol. The van der Waals surface area contributed by atoms with Gasteiger partial charge in [-0.05, 0) is 38.8 Å². The Morgan fingerprint density at radius 2 is 2.00 bits per heavy atom. The highest BCUT2D eigenvalue weighted by molar-refractivity contribution is 7.89. The third kappa shape index (κ3) is 3.39. The lowest BCUT2D eigenvalue weighted by molar-refractivity contribution is 0.352. The van der Waals surface area contributed by atoms with E-state index in [-0.39, 0.29) is 11.6 Å². The van der Waals surface area contributed by atoms with Crippen LogP contribution in [0.2, 0.25) is 0 Å². The molecule has 116 valence electrons. The van der Waals surface area contributed by atoms with E-state index in [4.69, 9.17) is 0 Å². The molecule has 21 heavy (non-hydrogen) atoms. The summed E-state index contributed by atoms with van der Waals surface area (Å²) in [7, 11) is -3.43. The average molecular weight is 309 g/mol. The van der Waals surface area contributed by atoms with Gasteiger partial charge in [-0.25, -0.2) is 13.1 Å². The van der Waals surface area contributed by atoms with E-state index in [0.717, 1.165) is 38.2 Å². The number of rotatable bonds is 4. The predicted molar refractivity (Wildman–Crippen MR) is 84.1 cm³/mol. The van der Waals surface area contributed by atoms with Crippen LogP contribution in [0.25, 0.3) is 0 Å². The summed E-state index contributed by atoms with van der Waals surface area (Å²) >= 11 is 0. The van der Waals surface area contributed by atoms with Crippen LogP contribution < -0.4 is 14.9 Å². The summed E-state index contributed by atoms with van der Waals surface area (Å²) in [5, 5.41) is 3.45. The molecule has 0 amide bonds. The van der Waals surface area contributed by atoms with Crippen molar-refractivity contribution in [2.45, 2.75) is 43.2 Å². The van der Waals surface area contributed by atoms with Gasteiger partial charge in [-0.2, -0.15) is 0 Å². The molecule has 0 aromatic heterocycles. The van der Waals surface area contributed by atoms with Crippen molar-refractivity contribution in [1.82, 2.24) is 10.0 Å². The fourth-order valence-corrected chi connectivity index (χ4v) is 4.31. The van der Waals surface area contributed by atoms with E-state index in [2.05, 4.69) is 28.8 Å². The zero-order valence-electron chi connectivity index (χ0n) is 12.6. The Balaban J connectivity index is 1.92. The maximum atomic E-state index is 12.6. The molecule has 0 atom stereocenters. The van der Waals surface area contributed by atoms with Gasteiger partial charge in [0.05, 0.1) is 5.69 Å². The Labute approximate surface area is 126 Å². The highest BCUT2D eigenvalue weighted by Gasteiger charge is 2.32. The molecule has 1 heterocycles. The average Bonchev–Trinajstić information content (AvgIpc) is 3.21. The van der Waals surface area contributed by atoms with Crippen molar-refractivity contribution in [2.24, 2.45) is 0 Å². The summed E-state index contributed by atoms with van der Waals surface area (Å²) in [5.74, 6) is 0. The van der Waals surface area contributed by atoms with Crippen LogP contribution in [-0.2, 0) is 10.0 Å². The van der Waals surface area contributed by atoms with Crippen LogP contribution in [0.3, 0.4) is 0 Å². The van der Waals surface area contributed by atoms with Crippen molar-refractivity contribution in [3.8, 4) is 0 Å². The highest BCUT2D eigenvalue weighted by atomic mass is 32.2. The quantitative estimate of drug-likeness (QED) is 0.880. The molecule has 0 radical (unpaired) electrons. The maximum absolute atomic E-state index is 12.6. The second kappa shape index (κ2) is 5.26. The minimum atomic E-state index is -3.43. The number of anilines is 1. The summed E-state index contributed by atoms with van der Waals surface area (Å²) in [4.78, 5) is 2.56. The zero-order valence-corrected chi connectivity index (χ0v) is 13.4. The van der Waals surface area contributed by atoms with Gasteiger partial charge < -0.3 is 10.2 Å². The smallest absolute Gasteiger partial charge is 0.242 e. The molecule has 0 unspecified atom stereocenters. The predicted octanol–water partition coefficient (Wildman–Crippen LogP) is 1.32. The standard InChI is InChI=1S/C15H23N3O2S/c1-15(2)11-18(10-9-16-15)13-5-3-4-6-14(13)21(19,20)17-12-7-8-12/h3-6,12,16-17H,7-11H2,1-2H3. The first kappa shape index (κ1) is 14.8. The number of hydrogen-bond acceptors (Lipinski definition) is 4. The van der Waals surface area contributed by atoms with E-state index in [0.29, 0.717) is 4.90 Å². The number of benzene rings is 1. The van der Waals surface area contributed by atoms with Gasteiger partial charge in [-0.1, -0.05) is 12.1 Å². The van der Waals surface area contributed by atoms with Crippen molar-refractivity contribution in [2.75, 3.05) is 24.5 Å². The first-order chi connectivity index (χ1) is 9.87. The largest absolute Gasteiger partial charge is 0.367 e. The van der Waals surface area contributed by atoms with Gasteiger partial charge in [-0.15, -0.1) is 0 Å². The van der Waals surface area contributed by atoms with Crippen LogP contribution >= 0.6 is 0 Å². The zero-order chi connectivity index (χ0) is 15.1. The second-order valence-electron chi connectivity index (χ2n) is 6.60. The Kier molecular flexibility index (Phi) is 3.71. The van der Waals surface area contributed by atoms with E-state index in [9.17, 15) is 8.42 Å². The lowest BCUT2D eigenvalue weighted by Crippen LogP contribution is -2.57. The van der Waals surface area contributed by atoms with Gasteiger partial charge >= 0.3 is 0 Å². The second-order valence-corrected chi connectivity index (χ2v) is 8.28. The van der Waals surface area contributed by atoms with Crippen molar-refractivity contribution >= 4 is 15.7 Å². The molecule has 2 fully saturated rings. The fraction of sp³-hybridized carbons (Fsp3) is 0.600. The number of piperazine rings is 1. The van der Waals surface area contributed by atoms with Crippen molar-refractivity contribution in [3.63, 3.8) is 0 Å². The molecule has 6 heteroatoms. The number of nitrogens with zero attached hydrogens (tertiary/aromatic N) is 1. The highest BCUT2D eigenvalue weighted by Crippen LogP contribution is 2.29. The molecule has 3 rings (SSSR count). The first-order valence-corrected chi connectivity index (χ1v) is 8.97. The molecule has 0 bridgehead atoms. The molecular weight excluding hydrogens is 286 g/mol. The molecule has 5 nitrogen and oxygen atoms in total. The minimum absolute atomic E-state index is 0.0148. The van der Waals surface area contributed by atoms with Crippen LogP contribution in [0, 0.1) is 0 Å². The van der Waals surface area contributed by atoms with Crippen molar-refractivity contribution in [3.05, 3.63) is 24.3 Å². The molecule has 1 aliphatic heterocycles. The SMILES string of the molecule is CC1(C)CN(c2ccccc2S(=O)(=O)NC2CC2)CCN1. The molecular formula is C15H23N3O2S. The Morgan fingerprint density at radius 3 is 2.67 bits per heavy atom. The molecule has 2 N–H and O–H groups in total. The lowest BCUT2D eigenvalue weighted by Gasteiger charge is -2.41.